The van der Waals surface area contributed by atoms with Crippen LogP contribution in [-0.4, -0.2) is 46.7 Å². The van der Waals surface area contributed by atoms with E-state index in [1.165, 1.54) is 0 Å². The summed E-state index contributed by atoms with van der Waals surface area (Å²) >= 11 is 0. The molecule has 24 heavy (non-hydrogen) atoms. The van der Waals surface area contributed by atoms with Gasteiger partial charge < -0.3 is 15.4 Å². The molecular weight excluding hydrogens is 306 g/mol. The first kappa shape index (κ1) is 16.6. The lowest BCUT2D eigenvalue weighted by molar-refractivity contribution is -0.124. The number of aromatic nitrogens is 3. The molecule has 0 aliphatic carbocycles. The number of hydrogen-bond acceptors (Lipinski definition) is 5. The van der Waals surface area contributed by atoms with E-state index in [2.05, 4.69) is 20.9 Å². The average Bonchev–Trinajstić information content (AvgIpc) is 3.07. The smallest absolute Gasteiger partial charge is 0.222 e. The van der Waals surface area contributed by atoms with E-state index in [1.54, 1.807) is 4.68 Å². The Balaban J connectivity index is 1.64. The summed E-state index contributed by atoms with van der Waals surface area (Å²) in [6.07, 6.45) is 2.23. The van der Waals surface area contributed by atoms with Crippen LogP contribution in [0.5, 0.6) is 0 Å². The van der Waals surface area contributed by atoms with Crippen LogP contribution in [-0.2, 0) is 15.1 Å². The monoisotopic (exact) mass is 329 g/mol. The van der Waals surface area contributed by atoms with Gasteiger partial charge in [-0.05, 0) is 26.0 Å². The topological polar surface area (TPSA) is 81.1 Å². The molecule has 1 atom stereocenters. The number of carbonyl (C=O) groups excluding carboxylic acids is 1. The molecule has 1 aliphatic heterocycles. The van der Waals surface area contributed by atoms with Crippen LogP contribution in [0.1, 0.15) is 26.0 Å². The molecule has 7 heteroatoms. The normalized spacial score (nSPS) is 18.3. The summed E-state index contributed by atoms with van der Waals surface area (Å²) in [7, 11) is 0. The zero-order valence-corrected chi connectivity index (χ0v) is 14.0. The Morgan fingerprint density at radius 3 is 2.92 bits per heavy atom. The molecule has 1 saturated heterocycles. The van der Waals surface area contributed by atoms with E-state index in [9.17, 15) is 4.79 Å². The minimum Gasteiger partial charge on any atom is -0.378 e. The molecule has 7 nitrogen and oxygen atoms in total. The van der Waals surface area contributed by atoms with E-state index >= 15 is 0 Å². The van der Waals surface area contributed by atoms with Gasteiger partial charge in [0.15, 0.2) is 0 Å². The lowest BCUT2D eigenvalue weighted by Crippen LogP contribution is -2.47. The van der Waals surface area contributed by atoms with Crippen LogP contribution >= 0.6 is 0 Å². The summed E-state index contributed by atoms with van der Waals surface area (Å²) in [4.78, 5) is 12.3. The van der Waals surface area contributed by atoms with Crippen LogP contribution in [0.3, 0.4) is 0 Å². The van der Waals surface area contributed by atoms with Crippen LogP contribution < -0.4 is 10.6 Å². The van der Waals surface area contributed by atoms with Crippen molar-refractivity contribution >= 4 is 5.91 Å². The Hall–Kier alpha value is -2.25. The molecule has 2 N–H and O–H groups in total. The van der Waals surface area contributed by atoms with Crippen LogP contribution in [0, 0.1) is 0 Å². The summed E-state index contributed by atoms with van der Waals surface area (Å²) in [5.74, 6) is -0.0303. The minimum absolute atomic E-state index is 0.0303. The summed E-state index contributed by atoms with van der Waals surface area (Å²) in [6.45, 7) is 5.90. The van der Waals surface area contributed by atoms with Crippen molar-refractivity contribution in [2.75, 3.05) is 19.8 Å². The van der Waals surface area contributed by atoms with Crippen LogP contribution in [0.4, 0.5) is 0 Å². The molecule has 2 aromatic rings. The van der Waals surface area contributed by atoms with Gasteiger partial charge in [-0.15, -0.1) is 5.10 Å². The molecule has 1 amide bonds. The number of benzene rings is 1. The Bertz CT molecular complexity index is 677. The molecule has 1 aliphatic rings. The second kappa shape index (κ2) is 7.11. The molecule has 1 unspecified atom stereocenters. The van der Waals surface area contributed by atoms with Crippen molar-refractivity contribution in [3.05, 3.63) is 42.2 Å². The van der Waals surface area contributed by atoms with Crippen LogP contribution in [0.15, 0.2) is 36.5 Å². The molecule has 1 aromatic heterocycles. The fraction of sp³-hybridized carbons (Fsp3) is 0.471. The Labute approximate surface area is 141 Å². The van der Waals surface area contributed by atoms with E-state index in [-0.39, 0.29) is 11.9 Å². The minimum atomic E-state index is -0.598. The molecule has 2 heterocycles. The van der Waals surface area contributed by atoms with Gasteiger partial charge in [0.25, 0.3) is 0 Å². The predicted octanol–water partition coefficient (Wildman–Crippen LogP) is 0.997. The zero-order chi connectivity index (χ0) is 17.0. The maximum atomic E-state index is 12.3. The number of carbonyl (C=O) groups is 1. The highest BCUT2D eigenvalue weighted by molar-refractivity contribution is 5.77. The Morgan fingerprint density at radius 1 is 1.42 bits per heavy atom. The maximum absolute atomic E-state index is 12.3. The standard InChI is InChI=1S/C17H23N5O2/c1-17(2,19-16(23)10-13-12-24-9-8-18-13)15-11-22(21-20-15)14-6-4-3-5-7-14/h3-7,11,13,18H,8-10,12H2,1-2H3,(H,19,23). The number of morpholine rings is 1. The van der Waals surface area contributed by atoms with E-state index in [0.717, 1.165) is 12.2 Å². The van der Waals surface area contributed by atoms with Gasteiger partial charge in [-0.2, -0.15) is 0 Å². The SMILES string of the molecule is CC(C)(NC(=O)CC1COCCN1)c1cn(-c2ccccc2)nn1. The molecule has 0 spiro atoms. The van der Waals surface area contributed by atoms with Crippen molar-refractivity contribution < 1.29 is 9.53 Å². The van der Waals surface area contributed by atoms with Gasteiger partial charge in [-0.1, -0.05) is 23.4 Å². The van der Waals surface area contributed by atoms with Gasteiger partial charge in [0.2, 0.25) is 5.91 Å². The maximum Gasteiger partial charge on any atom is 0.222 e. The highest BCUT2D eigenvalue weighted by Gasteiger charge is 2.28. The van der Waals surface area contributed by atoms with Crippen molar-refractivity contribution in [2.24, 2.45) is 0 Å². The molecule has 0 radical (unpaired) electrons. The van der Waals surface area contributed by atoms with Gasteiger partial charge in [0, 0.05) is 19.0 Å². The number of nitrogens with zero attached hydrogens (tertiary/aromatic N) is 3. The molecule has 1 aromatic carbocycles. The number of para-hydroxylation sites is 1. The van der Waals surface area contributed by atoms with Gasteiger partial charge in [0.1, 0.15) is 5.69 Å². The number of amides is 1. The van der Waals surface area contributed by atoms with Crippen LogP contribution in [0.25, 0.3) is 5.69 Å². The summed E-state index contributed by atoms with van der Waals surface area (Å²) in [5.41, 5.74) is 1.05. The van der Waals surface area contributed by atoms with Crippen molar-refractivity contribution in [1.29, 1.82) is 0 Å². The van der Waals surface area contributed by atoms with Crippen molar-refractivity contribution in [2.45, 2.75) is 31.8 Å². The highest BCUT2D eigenvalue weighted by Crippen LogP contribution is 2.19. The van der Waals surface area contributed by atoms with Gasteiger partial charge in [-0.25, -0.2) is 4.68 Å². The highest BCUT2D eigenvalue weighted by atomic mass is 16.5. The number of hydrogen-bond donors (Lipinski definition) is 2. The lowest BCUT2D eigenvalue weighted by Gasteiger charge is -2.27. The molecule has 1 fully saturated rings. The van der Waals surface area contributed by atoms with Gasteiger partial charge in [0.05, 0.1) is 30.6 Å². The van der Waals surface area contributed by atoms with E-state index in [0.29, 0.717) is 25.3 Å². The average molecular weight is 329 g/mol. The third-order valence-electron chi connectivity index (χ3n) is 4.04. The third-order valence-corrected chi connectivity index (χ3v) is 4.04. The van der Waals surface area contributed by atoms with Crippen molar-refractivity contribution in [3.8, 4) is 5.69 Å². The fourth-order valence-electron chi connectivity index (χ4n) is 2.70. The molecule has 0 bridgehead atoms. The zero-order valence-electron chi connectivity index (χ0n) is 14.0. The number of nitrogens with one attached hydrogen (secondary N) is 2. The van der Waals surface area contributed by atoms with Gasteiger partial charge >= 0.3 is 0 Å². The van der Waals surface area contributed by atoms with E-state index in [4.69, 9.17) is 4.74 Å². The second-order valence-corrected chi connectivity index (χ2v) is 6.49. The quantitative estimate of drug-likeness (QED) is 0.855. The first-order chi connectivity index (χ1) is 11.5. The first-order valence-corrected chi connectivity index (χ1v) is 8.15. The number of ether oxygens (including phenoxy) is 1. The van der Waals surface area contributed by atoms with Crippen molar-refractivity contribution in [1.82, 2.24) is 25.6 Å². The Morgan fingerprint density at radius 2 is 2.21 bits per heavy atom. The summed E-state index contributed by atoms with van der Waals surface area (Å²) in [5, 5.41) is 14.7. The van der Waals surface area contributed by atoms with Gasteiger partial charge in [-0.3, -0.25) is 4.79 Å². The fourth-order valence-corrected chi connectivity index (χ4v) is 2.70. The largest absolute Gasteiger partial charge is 0.378 e. The van der Waals surface area contributed by atoms with Crippen LogP contribution in [0.2, 0.25) is 0 Å². The van der Waals surface area contributed by atoms with E-state index in [1.807, 2.05) is 50.4 Å². The van der Waals surface area contributed by atoms with E-state index < -0.39 is 5.54 Å². The van der Waals surface area contributed by atoms with Crippen molar-refractivity contribution in [3.63, 3.8) is 0 Å². The molecule has 128 valence electrons. The lowest BCUT2D eigenvalue weighted by atomic mass is 10.0. The predicted molar refractivity (Wildman–Crippen MR) is 89.8 cm³/mol. The summed E-state index contributed by atoms with van der Waals surface area (Å²) < 4.78 is 7.09. The second-order valence-electron chi connectivity index (χ2n) is 6.49. The molecule has 3 rings (SSSR count). The summed E-state index contributed by atoms with van der Waals surface area (Å²) in [6, 6.07) is 9.83. The Kier molecular flexibility index (Phi) is 4.92. The molecular formula is C17H23N5O2. The molecule has 0 saturated carbocycles. The first-order valence-electron chi connectivity index (χ1n) is 8.15. The third kappa shape index (κ3) is 3.98. The number of rotatable bonds is 5.